The number of alkyl halides is 1. The van der Waals surface area contributed by atoms with Gasteiger partial charge in [-0.3, -0.25) is 10.1 Å². The van der Waals surface area contributed by atoms with Gasteiger partial charge in [-0.25, -0.2) is 0 Å². The fourth-order valence-corrected chi connectivity index (χ4v) is 2.55. The van der Waals surface area contributed by atoms with Crippen LogP contribution in [-0.4, -0.2) is 4.92 Å². The lowest BCUT2D eigenvalue weighted by molar-refractivity contribution is -0.384. The van der Waals surface area contributed by atoms with Crippen LogP contribution in [0, 0.1) is 17.0 Å². The molecule has 0 amide bonds. The fourth-order valence-electron chi connectivity index (χ4n) is 1.69. The largest absolute Gasteiger partial charge is 0.456 e. The molecule has 0 heterocycles. The summed E-state index contributed by atoms with van der Waals surface area (Å²) >= 11 is 6.84. The van der Waals surface area contributed by atoms with E-state index in [1.54, 1.807) is 13.0 Å². The smallest absolute Gasteiger partial charge is 0.269 e. The molecule has 0 spiro atoms. The molecule has 0 fully saturated rings. The van der Waals surface area contributed by atoms with Crippen molar-refractivity contribution in [3.8, 4) is 11.5 Å². The van der Waals surface area contributed by atoms with Gasteiger partial charge in [0, 0.05) is 17.5 Å². The van der Waals surface area contributed by atoms with Crippen LogP contribution in [0.25, 0.3) is 0 Å². The molecule has 0 atom stereocenters. The third-order valence-electron chi connectivity index (χ3n) is 2.74. The Hall–Kier alpha value is -1.40. The molecule has 0 aromatic heterocycles. The van der Waals surface area contributed by atoms with Gasteiger partial charge in [0.25, 0.3) is 5.69 Å². The molecule has 20 heavy (non-hydrogen) atoms. The average Bonchev–Trinajstić information content (AvgIpc) is 2.42. The van der Waals surface area contributed by atoms with Gasteiger partial charge in [-0.15, -0.1) is 0 Å². The quantitative estimate of drug-likeness (QED) is 0.394. The van der Waals surface area contributed by atoms with E-state index in [1.807, 2.05) is 18.2 Å². The Bertz CT molecular complexity index is 659. The highest BCUT2D eigenvalue weighted by molar-refractivity contribution is 9.10. The molecule has 2 rings (SSSR count). The van der Waals surface area contributed by atoms with Gasteiger partial charge in [-0.05, 0) is 52.2 Å². The van der Waals surface area contributed by atoms with E-state index in [0.29, 0.717) is 11.5 Å². The molecule has 0 aliphatic rings. The van der Waals surface area contributed by atoms with Crippen molar-refractivity contribution < 1.29 is 9.66 Å². The zero-order chi connectivity index (χ0) is 14.7. The third-order valence-corrected chi connectivity index (χ3v) is 4.01. The molecule has 6 heteroatoms. The van der Waals surface area contributed by atoms with Crippen LogP contribution >= 0.6 is 31.9 Å². The van der Waals surface area contributed by atoms with Gasteiger partial charge >= 0.3 is 0 Å². The van der Waals surface area contributed by atoms with E-state index in [9.17, 15) is 10.1 Å². The van der Waals surface area contributed by atoms with Crippen molar-refractivity contribution in [3.63, 3.8) is 0 Å². The Morgan fingerprint density at radius 1 is 1.20 bits per heavy atom. The monoisotopic (exact) mass is 399 g/mol. The molecule has 0 saturated heterocycles. The molecule has 0 aliphatic carbocycles. The topological polar surface area (TPSA) is 52.4 Å². The van der Waals surface area contributed by atoms with Gasteiger partial charge in [0.1, 0.15) is 11.5 Å². The normalized spacial score (nSPS) is 10.3. The number of aryl methyl sites for hydroxylation is 1. The number of rotatable bonds is 4. The van der Waals surface area contributed by atoms with Crippen LogP contribution < -0.4 is 4.74 Å². The minimum atomic E-state index is -0.419. The van der Waals surface area contributed by atoms with Gasteiger partial charge in [0.15, 0.2) is 0 Å². The number of hydrogen-bond donors (Lipinski definition) is 0. The summed E-state index contributed by atoms with van der Waals surface area (Å²) in [6.07, 6.45) is 0. The highest BCUT2D eigenvalue weighted by Gasteiger charge is 2.11. The second-order valence-electron chi connectivity index (χ2n) is 4.21. The van der Waals surface area contributed by atoms with Crippen LogP contribution in [0.5, 0.6) is 11.5 Å². The van der Waals surface area contributed by atoms with Gasteiger partial charge in [-0.2, -0.15) is 0 Å². The summed E-state index contributed by atoms with van der Waals surface area (Å²) in [4.78, 5) is 10.3. The Balaban J connectivity index is 2.28. The molecule has 0 saturated carbocycles. The summed E-state index contributed by atoms with van der Waals surface area (Å²) in [5, 5.41) is 11.5. The van der Waals surface area contributed by atoms with Gasteiger partial charge < -0.3 is 4.74 Å². The van der Waals surface area contributed by atoms with E-state index in [4.69, 9.17) is 4.74 Å². The SMILES string of the molecule is Cc1cc([N+](=O)[O-])ccc1Oc1ccc(CBr)cc1Br. The Kier molecular flexibility index (Phi) is 4.77. The Morgan fingerprint density at radius 2 is 1.90 bits per heavy atom. The van der Waals surface area contributed by atoms with Crippen molar-refractivity contribution in [1.29, 1.82) is 0 Å². The fraction of sp³-hybridized carbons (Fsp3) is 0.143. The zero-order valence-corrected chi connectivity index (χ0v) is 13.8. The highest BCUT2D eigenvalue weighted by atomic mass is 79.9. The van der Waals surface area contributed by atoms with Crippen LogP contribution in [0.1, 0.15) is 11.1 Å². The van der Waals surface area contributed by atoms with Crippen LogP contribution in [0.15, 0.2) is 40.9 Å². The lowest BCUT2D eigenvalue weighted by atomic mass is 10.2. The molecule has 0 radical (unpaired) electrons. The first-order valence-electron chi connectivity index (χ1n) is 5.78. The predicted molar refractivity (Wildman–Crippen MR) is 84.7 cm³/mol. The predicted octanol–water partition coefficient (Wildman–Crippen LogP) is 5.35. The van der Waals surface area contributed by atoms with Crippen molar-refractivity contribution in [1.82, 2.24) is 0 Å². The first-order valence-corrected chi connectivity index (χ1v) is 7.70. The standard InChI is InChI=1S/C14H11Br2NO3/c1-9-6-11(17(18)19)3-5-13(9)20-14-4-2-10(8-15)7-12(14)16/h2-7H,8H2,1H3. The van der Waals surface area contributed by atoms with Crippen LogP contribution in [-0.2, 0) is 5.33 Å². The minimum absolute atomic E-state index is 0.0588. The molecular formula is C14H11Br2NO3. The first-order chi connectivity index (χ1) is 9.51. The van der Waals surface area contributed by atoms with Crippen molar-refractivity contribution in [2.45, 2.75) is 12.3 Å². The van der Waals surface area contributed by atoms with E-state index >= 15 is 0 Å². The Labute approximate surface area is 133 Å². The summed E-state index contributed by atoms with van der Waals surface area (Å²) in [6, 6.07) is 10.3. The summed E-state index contributed by atoms with van der Waals surface area (Å²) in [5.74, 6) is 1.27. The second-order valence-corrected chi connectivity index (χ2v) is 5.62. The maximum absolute atomic E-state index is 10.7. The van der Waals surface area contributed by atoms with Crippen molar-refractivity contribution in [2.24, 2.45) is 0 Å². The maximum Gasteiger partial charge on any atom is 0.269 e. The summed E-state index contributed by atoms with van der Waals surface area (Å²) < 4.78 is 6.63. The molecule has 104 valence electrons. The lowest BCUT2D eigenvalue weighted by Crippen LogP contribution is -1.92. The minimum Gasteiger partial charge on any atom is -0.456 e. The second kappa shape index (κ2) is 6.37. The number of ether oxygens (including phenoxy) is 1. The summed E-state index contributed by atoms with van der Waals surface area (Å²) in [5.41, 5.74) is 1.91. The van der Waals surface area contributed by atoms with E-state index in [1.165, 1.54) is 12.1 Å². The highest BCUT2D eigenvalue weighted by Crippen LogP contribution is 2.33. The summed E-state index contributed by atoms with van der Waals surface area (Å²) in [6.45, 7) is 1.78. The Morgan fingerprint density at radius 3 is 2.45 bits per heavy atom. The van der Waals surface area contributed by atoms with Gasteiger partial charge in [0.2, 0.25) is 0 Å². The molecule has 0 bridgehead atoms. The number of benzene rings is 2. The first kappa shape index (κ1) is 15.0. The average molecular weight is 401 g/mol. The van der Waals surface area contributed by atoms with Crippen LogP contribution in [0.4, 0.5) is 5.69 Å². The number of nitro groups is 1. The van der Waals surface area contributed by atoms with E-state index < -0.39 is 4.92 Å². The maximum atomic E-state index is 10.7. The molecule has 2 aromatic rings. The van der Waals surface area contributed by atoms with Crippen LogP contribution in [0.3, 0.4) is 0 Å². The zero-order valence-electron chi connectivity index (χ0n) is 10.6. The molecule has 2 aromatic carbocycles. The van der Waals surface area contributed by atoms with Crippen molar-refractivity contribution in [3.05, 3.63) is 62.1 Å². The van der Waals surface area contributed by atoms with E-state index in [2.05, 4.69) is 31.9 Å². The molecule has 0 aliphatic heterocycles. The number of nitrogens with zero attached hydrogens (tertiary/aromatic N) is 1. The van der Waals surface area contributed by atoms with E-state index in [-0.39, 0.29) is 5.69 Å². The number of non-ortho nitro benzene ring substituents is 1. The number of hydrogen-bond acceptors (Lipinski definition) is 3. The third kappa shape index (κ3) is 3.37. The summed E-state index contributed by atoms with van der Waals surface area (Å²) in [7, 11) is 0. The molecule has 0 unspecified atom stereocenters. The van der Waals surface area contributed by atoms with E-state index in [0.717, 1.165) is 20.9 Å². The molecule has 0 N–H and O–H groups in total. The van der Waals surface area contributed by atoms with Crippen LogP contribution in [0.2, 0.25) is 0 Å². The molecular weight excluding hydrogens is 390 g/mol. The van der Waals surface area contributed by atoms with Crippen molar-refractivity contribution >= 4 is 37.5 Å². The lowest BCUT2D eigenvalue weighted by Gasteiger charge is -2.10. The number of nitro benzene ring substituents is 1. The van der Waals surface area contributed by atoms with Gasteiger partial charge in [0.05, 0.1) is 9.40 Å². The van der Waals surface area contributed by atoms with Gasteiger partial charge in [-0.1, -0.05) is 22.0 Å². The van der Waals surface area contributed by atoms with Crippen molar-refractivity contribution in [2.75, 3.05) is 0 Å². The number of halogens is 2. The molecule has 4 nitrogen and oxygen atoms in total.